The molecule has 1 heterocycles. The fourth-order valence-corrected chi connectivity index (χ4v) is 2.90. The third-order valence-electron chi connectivity index (χ3n) is 3.26. The zero-order chi connectivity index (χ0) is 13.5. The number of benzene rings is 1. The van der Waals surface area contributed by atoms with Crippen molar-refractivity contribution in [1.82, 2.24) is 5.32 Å². The van der Waals surface area contributed by atoms with E-state index in [0.29, 0.717) is 12.6 Å². The average molecular weight is 275 g/mol. The molecule has 2 unspecified atom stereocenters. The van der Waals surface area contributed by atoms with Crippen molar-refractivity contribution in [2.24, 2.45) is 0 Å². The van der Waals surface area contributed by atoms with Gasteiger partial charge in [0.2, 0.25) is 0 Å². The highest BCUT2D eigenvalue weighted by molar-refractivity contribution is 7.07. The van der Waals surface area contributed by atoms with Crippen LogP contribution in [-0.4, -0.2) is 11.7 Å². The lowest BCUT2D eigenvalue weighted by atomic mass is 10.0. The van der Waals surface area contributed by atoms with Crippen molar-refractivity contribution < 1.29 is 5.11 Å². The second kappa shape index (κ2) is 7.43. The van der Waals surface area contributed by atoms with Crippen molar-refractivity contribution in [2.45, 2.75) is 31.9 Å². The summed E-state index contributed by atoms with van der Waals surface area (Å²) in [4.78, 5) is 0. The lowest BCUT2D eigenvalue weighted by Crippen LogP contribution is -2.26. The zero-order valence-electron chi connectivity index (χ0n) is 11.3. The Labute approximate surface area is 119 Å². The molecule has 0 saturated carbocycles. The van der Waals surface area contributed by atoms with Gasteiger partial charge in [-0.3, -0.25) is 0 Å². The van der Waals surface area contributed by atoms with E-state index in [2.05, 4.69) is 36.5 Å². The Morgan fingerprint density at radius 3 is 2.58 bits per heavy atom. The van der Waals surface area contributed by atoms with Gasteiger partial charge < -0.3 is 10.4 Å². The molecular formula is C16H21NOS. The van der Waals surface area contributed by atoms with E-state index in [1.807, 2.05) is 22.9 Å². The molecule has 2 rings (SSSR count). The third-order valence-corrected chi connectivity index (χ3v) is 3.97. The van der Waals surface area contributed by atoms with Gasteiger partial charge in [-0.1, -0.05) is 43.7 Å². The number of aliphatic hydroxyl groups is 1. The molecule has 0 spiro atoms. The molecule has 0 aliphatic carbocycles. The summed E-state index contributed by atoms with van der Waals surface area (Å²) in [6, 6.07) is 12.7. The van der Waals surface area contributed by atoms with Crippen LogP contribution in [0.5, 0.6) is 0 Å². The molecule has 2 aromatic rings. The van der Waals surface area contributed by atoms with E-state index in [-0.39, 0.29) is 0 Å². The Bertz CT molecular complexity index is 455. The Kier molecular flexibility index (Phi) is 5.58. The molecule has 2 nitrogen and oxygen atoms in total. The van der Waals surface area contributed by atoms with Crippen molar-refractivity contribution in [3.05, 3.63) is 58.3 Å². The number of aliphatic hydroxyl groups excluding tert-OH is 1. The first kappa shape index (κ1) is 14.3. The van der Waals surface area contributed by atoms with Gasteiger partial charge in [0.05, 0.1) is 6.10 Å². The predicted octanol–water partition coefficient (Wildman–Crippen LogP) is 3.91. The molecule has 0 amide bonds. The smallest absolute Gasteiger partial charge is 0.0922 e. The van der Waals surface area contributed by atoms with Crippen LogP contribution in [0.3, 0.4) is 0 Å². The van der Waals surface area contributed by atoms with Crippen LogP contribution in [0.2, 0.25) is 0 Å². The van der Waals surface area contributed by atoms with Gasteiger partial charge in [0.25, 0.3) is 0 Å². The van der Waals surface area contributed by atoms with Crippen LogP contribution in [0.1, 0.15) is 43.0 Å². The summed E-state index contributed by atoms with van der Waals surface area (Å²) in [6.07, 6.45) is 1.79. The summed E-state index contributed by atoms with van der Waals surface area (Å²) in [5.41, 5.74) is 2.29. The number of nitrogens with one attached hydrogen (secondary N) is 1. The molecule has 1 aromatic carbocycles. The summed E-state index contributed by atoms with van der Waals surface area (Å²) < 4.78 is 0. The Hall–Kier alpha value is -1.16. The van der Waals surface area contributed by atoms with E-state index >= 15 is 0 Å². The fraction of sp³-hybridized carbons (Fsp3) is 0.375. The monoisotopic (exact) mass is 275 g/mol. The summed E-state index contributed by atoms with van der Waals surface area (Å²) >= 11 is 1.62. The van der Waals surface area contributed by atoms with Crippen LogP contribution in [-0.2, 0) is 0 Å². The molecule has 3 heteroatoms. The van der Waals surface area contributed by atoms with Crippen LogP contribution in [0.15, 0.2) is 47.2 Å². The van der Waals surface area contributed by atoms with E-state index in [1.165, 1.54) is 5.56 Å². The summed E-state index contributed by atoms with van der Waals surface area (Å²) in [6.45, 7) is 2.78. The topological polar surface area (TPSA) is 32.3 Å². The zero-order valence-corrected chi connectivity index (χ0v) is 12.1. The van der Waals surface area contributed by atoms with Crippen LogP contribution in [0, 0.1) is 0 Å². The molecular weight excluding hydrogens is 254 g/mol. The molecule has 0 aliphatic rings. The van der Waals surface area contributed by atoms with Gasteiger partial charge in [0.15, 0.2) is 0 Å². The minimum Gasteiger partial charge on any atom is -0.387 e. The highest BCUT2D eigenvalue weighted by atomic mass is 32.1. The Morgan fingerprint density at radius 1 is 1.16 bits per heavy atom. The Morgan fingerprint density at radius 2 is 1.95 bits per heavy atom. The van der Waals surface area contributed by atoms with Crippen molar-refractivity contribution >= 4 is 11.3 Å². The van der Waals surface area contributed by atoms with E-state index in [9.17, 15) is 5.11 Å². The van der Waals surface area contributed by atoms with E-state index in [4.69, 9.17) is 0 Å². The van der Waals surface area contributed by atoms with Crippen LogP contribution >= 0.6 is 11.3 Å². The number of rotatable bonds is 7. The second-order valence-corrected chi connectivity index (χ2v) is 5.51. The minimum absolute atomic E-state index is 0.319. The lowest BCUT2D eigenvalue weighted by Gasteiger charge is -2.20. The van der Waals surface area contributed by atoms with Gasteiger partial charge >= 0.3 is 0 Å². The molecule has 0 fully saturated rings. The maximum Gasteiger partial charge on any atom is 0.0922 e. The molecule has 0 saturated heterocycles. The molecule has 0 radical (unpaired) electrons. The summed E-state index contributed by atoms with van der Waals surface area (Å²) in [5, 5.41) is 17.6. The third kappa shape index (κ3) is 4.16. The average Bonchev–Trinajstić information content (AvgIpc) is 2.98. The van der Waals surface area contributed by atoms with Crippen molar-refractivity contribution in [2.75, 3.05) is 6.54 Å². The second-order valence-electron chi connectivity index (χ2n) is 4.73. The van der Waals surface area contributed by atoms with Gasteiger partial charge in [-0.15, -0.1) is 0 Å². The predicted molar refractivity (Wildman–Crippen MR) is 81.4 cm³/mol. The first-order valence-electron chi connectivity index (χ1n) is 6.79. The standard InChI is InChI=1S/C16H21NOS/c1-2-6-15(13-7-4-3-5-8-13)17-11-16(18)14-9-10-19-12-14/h3-5,7-10,12,15-18H,2,6,11H2,1H3. The van der Waals surface area contributed by atoms with E-state index in [1.54, 1.807) is 11.3 Å². The number of hydrogen-bond acceptors (Lipinski definition) is 3. The maximum atomic E-state index is 10.1. The number of thiophene rings is 1. The van der Waals surface area contributed by atoms with Crippen LogP contribution in [0.4, 0.5) is 0 Å². The van der Waals surface area contributed by atoms with Crippen LogP contribution < -0.4 is 5.32 Å². The van der Waals surface area contributed by atoms with Gasteiger partial charge in [-0.25, -0.2) is 0 Å². The van der Waals surface area contributed by atoms with Crippen molar-refractivity contribution in [3.63, 3.8) is 0 Å². The van der Waals surface area contributed by atoms with Crippen molar-refractivity contribution in [3.8, 4) is 0 Å². The molecule has 2 atom stereocenters. The molecule has 102 valence electrons. The quantitative estimate of drug-likeness (QED) is 0.803. The molecule has 0 aliphatic heterocycles. The molecule has 19 heavy (non-hydrogen) atoms. The highest BCUT2D eigenvalue weighted by Crippen LogP contribution is 2.20. The van der Waals surface area contributed by atoms with E-state index < -0.39 is 6.10 Å². The summed E-state index contributed by atoms with van der Waals surface area (Å²) in [5.74, 6) is 0. The fourth-order valence-electron chi connectivity index (χ4n) is 2.20. The van der Waals surface area contributed by atoms with E-state index in [0.717, 1.165) is 18.4 Å². The highest BCUT2D eigenvalue weighted by Gasteiger charge is 2.13. The SMILES string of the molecule is CCCC(NCC(O)c1ccsc1)c1ccccc1. The first-order valence-corrected chi connectivity index (χ1v) is 7.74. The summed E-state index contributed by atoms with van der Waals surface area (Å²) in [7, 11) is 0. The first-order chi connectivity index (χ1) is 9.31. The molecule has 0 bridgehead atoms. The van der Waals surface area contributed by atoms with Gasteiger partial charge in [-0.2, -0.15) is 11.3 Å². The van der Waals surface area contributed by atoms with Gasteiger partial charge in [0.1, 0.15) is 0 Å². The normalized spacial score (nSPS) is 14.2. The van der Waals surface area contributed by atoms with Gasteiger partial charge in [0, 0.05) is 12.6 Å². The van der Waals surface area contributed by atoms with Crippen molar-refractivity contribution in [1.29, 1.82) is 0 Å². The van der Waals surface area contributed by atoms with Gasteiger partial charge in [-0.05, 0) is 34.4 Å². The minimum atomic E-state index is -0.422. The Balaban J connectivity index is 1.94. The largest absolute Gasteiger partial charge is 0.387 e. The van der Waals surface area contributed by atoms with Crippen LogP contribution in [0.25, 0.3) is 0 Å². The molecule has 1 aromatic heterocycles. The number of hydrogen-bond donors (Lipinski definition) is 2. The molecule has 2 N–H and O–H groups in total. The lowest BCUT2D eigenvalue weighted by molar-refractivity contribution is 0.169. The maximum absolute atomic E-state index is 10.1.